The lowest BCUT2D eigenvalue weighted by atomic mass is 10.3. The molecule has 0 heterocycles. The zero-order valence-electron chi connectivity index (χ0n) is 6.33. The minimum absolute atomic E-state index is 0.780. The summed E-state index contributed by atoms with van der Waals surface area (Å²) in [7, 11) is 0. The first-order valence-electron chi connectivity index (χ1n) is 3.33. The Bertz CT molecular complexity index is 148. The average Bonchev–Trinajstić information content (AvgIpc) is 2.00. The molecule has 0 aliphatic rings. The maximum atomic E-state index is 5.39. The van der Waals surface area contributed by atoms with Crippen molar-refractivity contribution < 1.29 is 0 Å². The number of benzene rings is 1. The smallest absolute Gasteiger partial charge is 0.0314 e. The van der Waals surface area contributed by atoms with E-state index in [4.69, 9.17) is 5.73 Å². The van der Waals surface area contributed by atoms with Gasteiger partial charge in [0.25, 0.3) is 0 Å². The molecule has 1 aromatic carbocycles. The molecule has 10 heavy (non-hydrogen) atoms. The summed E-state index contributed by atoms with van der Waals surface area (Å²) in [6.07, 6.45) is 0. The van der Waals surface area contributed by atoms with Crippen molar-refractivity contribution in [3.63, 3.8) is 0 Å². The molecule has 0 bridgehead atoms. The fourth-order valence-corrected chi connectivity index (χ4v) is 0.623. The zero-order valence-corrected chi connectivity index (χ0v) is 7.23. The van der Waals surface area contributed by atoms with E-state index >= 15 is 0 Å². The molecule has 0 atom stereocenters. The van der Waals surface area contributed by atoms with Crippen LogP contribution in [0.3, 0.4) is 0 Å². The lowest BCUT2D eigenvalue weighted by Crippen LogP contribution is -1.80. The van der Waals surface area contributed by atoms with Gasteiger partial charge in [-0.05, 0) is 24.3 Å². The molecule has 1 rings (SSSR count). The molecule has 0 aliphatic heterocycles. The van der Waals surface area contributed by atoms with Crippen molar-refractivity contribution in [2.75, 3.05) is 5.73 Å². The van der Waals surface area contributed by atoms with Gasteiger partial charge in [0, 0.05) is 10.6 Å². The molecular weight excluding hydrogens is 142 g/mol. The van der Waals surface area contributed by atoms with Crippen LogP contribution in [0.15, 0.2) is 29.2 Å². The topological polar surface area (TPSA) is 26.0 Å². The lowest BCUT2D eigenvalue weighted by molar-refractivity contribution is 1.48. The van der Waals surface area contributed by atoms with Crippen LogP contribution >= 0.6 is 12.6 Å². The molecule has 1 nitrogen and oxygen atoms in total. The molecule has 0 spiro atoms. The van der Waals surface area contributed by atoms with Crippen molar-refractivity contribution in [2.45, 2.75) is 18.7 Å². The molecule has 0 radical (unpaired) electrons. The van der Waals surface area contributed by atoms with E-state index in [0.717, 1.165) is 10.6 Å². The molecule has 0 aliphatic carbocycles. The maximum Gasteiger partial charge on any atom is 0.0314 e. The second-order valence-corrected chi connectivity index (χ2v) is 2.11. The Hall–Kier alpha value is -0.630. The van der Waals surface area contributed by atoms with Gasteiger partial charge in [-0.15, -0.1) is 12.6 Å². The molecule has 2 N–H and O–H groups in total. The van der Waals surface area contributed by atoms with Gasteiger partial charge in [-0.3, -0.25) is 0 Å². The van der Waals surface area contributed by atoms with Crippen LogP contribution < -0.4 is 5.73 Å². The summed E-state index contributed by atoms with van der Waals surface area (Å²) in [5.41, 5.74) is 6.17. The van der Waals surface area contributed by atoms with E-state index in [9.17, 15) is 0 Å². The largest absolute Gasteiger partial charge is 0.399 e. The van der Waals surface area contributed by atoms with Gasteiger partial charge in [0.15, 0.2) is 0 Å². The molecule has 0 unspecified atom stereocenters. The number of thiol groups is 1. The van der Waals surface area contributed by atoms with Crippen molar-refractivity contribution in [1.29, 1.82) is 0 Å². The first-order valence-corrected chi connectivity index (χ1v) is 3.78. The fraction of sp³-hybridized carbons (Fsp3) is 0.250. The summed E-state index contributed by atoms with van der Waals surface area (Å²) < 4.78 is 0. The monoisotopic (exact) mass is 155 g/mol. The third-order valence-electron chi connectivity index (χ3n) is 0.893. The molecule has 0 amide bonds. The average molecular weight is 155 g/mol. The van der Waals surface area contributed by atoms with Gasteiger partial charge >= 0.3 is 0 Å². The maximum absolute atomic E-state index is 5.39. The summed E-state index contributed by atoms with van der Waals surface area (Å²) in [6.45, 7) is 4.00. The SMILES string of the molecule is CC.Nc1ccc(S)cc1. The Balaban J connectivity index is 0.000000371. The van der Waals surface area contributed by atoms with Gasteiger partial charge in [-0.2, -0.15) is 0 Å². The van der Waals surface area contributed by atoms with Gasteiger partial charge in [-0.1, -0.05) is 13.8 Å². The summed E-state index contributed by atoms with van der Waals surface area (Å²) >= 11 is 4.08. The van der Waals surface area contributed by atoms with E-state index in [0.29, 0.717) is 0 Å². The van der Waals surface area contributed by atoms with Crippen LogP contribution in [0.4, 0.5) is 5.69 Å². The number of hydrogen-bond acceptors (Lipinski definition) is 2. The second kappa shape index (κ2) is 5.18. The van der Waals surface area contributed by atoms with Gasteiger partial charge in [-0.25, -0.2) is 0 Å². The summed E-state index contributed by atoms with van der Waals surface area (Å²) in [5, 5.41) is 0. The van der Waals surface area contributed by atoms with Crippen LogP contribution in [0.5, 0.6) is 0 Å². The first-order chi connectivity index (χ1) is 4.79. The highest BCUT2D eigenvalue weighted by atomic mass is 32.1. The van der Waals surface area contributed by atoms with Crippen LogP contribution in [0.2, 0.25) is 0 Å². The number of nitrogen functional groups attached to an aromatic ring is 1. The van der Waals surface area contributed by atoms with E-state index in [-0.39, 0.29) is 0 Å². The van der Waals surface area contributed by atoms with Crippen LogP contribution in [0.25, 0.3) is 0 Å². The minimum Gasteiger partial charge on any atom is -0.399 e. The highest BCUT2D eigenvalue weighted by Gasteiger charge is 1.81. The Morgan fingerprint density at radius 1 is 1.10 bits per heavy atom. The summed E-state index contributed by atoms with van der Waals surface area (Å²) in [5.74, 6) is 0. The molecule has 0 saturated heterocycles. The van der Waals surface area contributed by atoms with Crippen molar-refractivity contribution >= 4 is 18.3 Å². The fourth-order valence-electron chi connectivity index (χ4n) is 0.474. The molecule has 1 aromatic rings. The lowest BCUT2D eigenvalue weighted by Gasteiger charge is -1.89. The Labute approximate surface area is 67.7 Å². The van der Waals surface area contributed by atoms with Gasteiger partial charge in [0.2, 0.25) is 0 Å². The van der Waals surface area contributed by atoms with Crippen molar-refractivity contribution in [1.82, 2.24) is 0 Å². The van der Waals surface area contributed by atoms with Crippen molar-refractivity contribution in [2.24, 2.45) is 0 Å². The normalized spacial score (nSPS) is 7.90. The van der Waals surface area contributed by atoms with Gasteiger partial charge in [0.1, 0.15) is 0 Å². The van der Waals surface area contributed by atoms with E-state index in [1.807, 2.05) is 38.1 Å². The zero-order chi connectivity index (χ0) is 7.98. The van der Waals surface area contributed by atoms with Gasteiger partial charge in [0.05, 0.1) is 0 Å². The highest BCUT2D eigenvalue weighted by molar-refractivity contribution is 7.80. The van der Waals surface area contributed by atoms with E-state index in [1.165, 1.54) is 0 Å². The summed E-state index contributed by atoms with van der Waals surface area (Å²) in [6, 6.07) is 7.36. The van der Waals surface area contributed by atoms with Crippen LogP contribution in [0, 0.1) is 0 Å². The molecule has 0 aromatic heterocycles. The molecular formula is C8H13NS. The second-order valence-electron chi connectivity index (χ2n) is 1.59. The highest BCUT2D eigenvalue weighted by Crippen LogP contribution is 2.07. The van der Waals surface area contributed by atoms with Crippen LogP contribution in [-0.2, 0) is 0 Å². The molecule has 0 fully saturated rings. The van der Waals surface area contributed by atoms with E-state index < -0.39 is 0 Å². The molecule has 2 heteroatoms. The minimum atomic E-state index is 0.780. The summed E-state index contributed by atoms with van der Waals surface area (Å²) in [4.78, 5) is 0.944. The van der Waals surface area contributed by atoms with Gasteiger partial charge < -0.3 is 5.73 Å². The van der Waals surface area contributed by atoms with Crippen molar-refractivity contribution in [3.8, 4) is 0 Å². The first kappa shape index (κ1) is 9.37. The standard InChI is InChI=1S/C6H7NS.C2H6/c7-5-1-3-6(8)4-2-5;1-2/h1-4,8H,7H2;1-2H3. The third kappa shape index (κ3) is 3.41. The van der Waals surface area contributed by atoms with Crippen LogP contribution in [-0.4, -0.2) is 0 Å². The molecule has 56 valence electrons. The molecule has 0 saturated carbocycles. The predicted molar refractivity (Wildman–Crippen MR) is 49.5 cm³/mol. The number of rotatable bonds is 0. The van der Waals surface area contributed by atoms with E-state index in [2.05, 4.69) is 12.6 Å². The van der Waals surface area contributed by atoms with Crippen molar-refractivity contribution in [3.05, 3.63) is 24.3 Å². The third-order valence-corrected chi connectivity index (χ3v) is 1.19. The number of hydrogen-bond donors (Lipinski definition) is 2. The predicted octanol–water partition coefficient (Wildman–Crippen LogP) is 2.58. The van der Waals surface area contributed by atoms with Crippen LogP contribution in [0.1, 0.15) is 13.8 Å². The quantitative estimate of drug-likeness (QED) is 0.437. The Kier molecular flexibility index (Phi) is 4.85. The number of anilines is 1. The number of nitrogens with two attached hydrogens (primary N) is 1. The Morgan fingerprint density at radius 3 is 1.80 bits per heavy atom. The van der Waals surface area contributed by atoms with E-state index in [1.54, 1.807) is 0 Å². The Morgan fingerprint density at radius 2 is 1.50 bits per heavy atom.